The number of nitrogens with zero attached hydrogens (tertiary/aromatic N) is 1. The maximum Gasteiger partial charge on any atom is 0.344 e. The Balaban J connectivity index is 0.00000144. The van der Waals surface area contributed by atoms with Crippen LogP contribution in [0.4, 0.5) is 0 Å². The third-order valence-corrected chi connectivity index (χ3v) is 2.88. The molecule has 0 aliphatic rings. The van der Waals surface area contributed by atoms with Crippen LogP contribution in [0.3, 0.4) is 0 Å². The van der Waals surface area contributed by atoms with Crippen LogP contribution in [0.15, 0.2) is 48.8 Å². The topological polar surface area (TPSA) is 39.2 Å². The zero-order chi connectivity index (χ0) is 11.4. The van der Waals surface area contributed by atoms with E-state index in [4.69, 9.17) is 4.74 Å². The van der Waals surface area contributed by atoms with Crippen LogP contribution in [0.1, 0.15) is 10.4 Å². The van der Waals surface area contributed by atoms with Crippen LogP contribution >= 0.6 is 35.0 Å². The predicted molar refractivity (Wildman–Crippen MR) is 75.6 cm³/mol. The summed E-state index contributed by atoms with van der Waals surface area (Å²) < 4.78 is 6.04. The van der Waals surface area contributed by atoms with Gasteiger partial charge >= 0.3 is 5.97 Å². The second-order valence-electron chi connectivity index (χ2n) is 3.06. The first-order chi connectivity index (χ1) is 7.77. The van der Waals surface area contributed by atoms with Crippen molar-refractivity contribution in [2.45, 2.75) is 0 Å². The highest BCUT2D eigenvalue weighted by atomic mass is 127. The van der Waals surface area contributed by atoms with Gasteiger partial charge < -0.3 is 4.74 Å². The van der Waals surface area contributed by atoms with Crippen molar-refractivity contribution in [1.82, 2.24) is 4.98 Å². The van der Waals surface area contributed by atoms with Gasteiger partial charge in [-0.3, -0.25) is 4.98 Å². The van der Waals surface area contributed by atoms with Crippen LogP contribution in [-0.2, 0) is 0 Å². The molecule has 0 amide bonds. The molecule has 0 aliphatic heterocycles. The van der Waals surface area contributed by atoms with E-state index >= 15 is 0 Å². The number of rotatable bonds is 2. The minimum atomic E-state index is -0.363. The number of pyridine rings is 1. The summed E-state index contributed by atoms with van der Waals surface area (Å²) in [4.78, 5) is 15.7. The molecule has 0 bridgehead atoms. The second kappa shape index (κ2) is 6.56. The average molecular weight is 362 g/mol. The van der Waals surface area contributed by atoms with Crippen LogP contribution in [-0.4, -0.2) is 11.0 Å². The van der Waals surface area contributed by atoms with Crippen molar-refractivity contribution in [3.05, 3.63) is 57.9 Å². The lowest BCUT2D eigenvalue weighted by Crippen LogP contribution is -2.10. The van der Waals surface area contributed by atoms with Crippen molar-refractivity contribution in [1.29, 1.82) is 0 Å². The molecule has 0 unspecified atom stereocenters. The Hall–Kier alpha value is -1.14. The third-order valence-electron chi connectivity index (χ3n) is 1.94. The molecule has 0 fully saturated rings. The molecular weight excluding hydrogens is 352 g/mol. The molecule has 0 aliphatic carbocycles. The van der Waals surface area contributed by atoms with Gasteiger partial charge in [-0.2, -0.15) is 0 Å². The molecule has 1 heterocycles. The van der Waals surface area contributed by atoms with Gasteiger partial charge in [0, 0.05) is 9.77 Å². The van der Waals surface area contributed by atoms with Crippen molar-refractivity contribution in [2.75, 3.05) is 0 Å². The van der Waals surface area contributed by atoms with Gasteiger partial charge in [0.1, 0.15) is 5.75 Å². The summed E-state index contributed by atoms with van der Waals surface area (Å²) in [5.74, 6) is 0.0881. The minimum absolute atomic E-state index is 0. The summed E-state index contributed by atoms with van der Waals surface area (Å²) in [7, 11) is 0. The molecule has 0 saturated heterocycles. The molecule has 0 atom stereocenters. The summed E-state index contributed by atoms with van der Waals surface area (Å²) in [5, 5.41) is 0. The van der Waals surface area contributed by atoms with Gasteiger partial charge in [-0.05, 0) is 46.9 Å². The number of hydrogen-bond donors (Lipinski definition) is 0. The summed E-state index contributed by atoms with van der Waals surface area (Å²) in [6.07, 6.45) is 3.14. The van der Waals surface area contributed by atoms with Crippen LogP contribution < -0.4 is 4.74 Å². The van der Waals surface area contributed by atoms with Crippen molar-refractivity contribution >= 4 is 41.0 Å². The molecule has 1 aromatic heterocycles. The fraction of sp³-hybridized carbons (Fsp3) is 0. The summed E-state index contributed by atoms with van der Waals surface area (Å²) in [5.41, 5.74) is 0.562. The van der Waals surface area contributed by atoms with Crippen LogP contribution in [0.2, 0.25) is 0 Å². The lowest BCUT2D eigenvalue weighted by molar-refractivity contribution is 0.0733. The molecule has 5 heteroatoms. The normalized spacial score (nSPS) is 9.24. The Kier molecular flexibility index (Phi) is 5.37. The number of esters is 1. The molecule has 0 N–H and O–H groups in total. The predicted octanol–water partition coefficient (Wildman–Crippen LogP) is 3.33. The Labute approximate surface area is 119 Å². The summed E-state index contributed by atoms with van der Waals surface area (Å²) in [6.45, 7) is 0. The minimum Gasteiger partial charge on any atom is -0.421 e. The maximum atomic E-state index is 11.8. The molecule has 0 radical (unpaired) electrons. The number of ether oxygens (including phenoxy) is 1. The highest BCUT2D eigenvalue weighted by molar-refractivity contribution is 14.1. The van der Waals surface area contributed by atoms with Crippen molar-refractivity contribution in [3.63, 3.8) is 0 Å². The maximum absolute atomic E-state index is 11.8. The molecule has 0 spiro atoms. The monoisotopic (exact) mass is 361 g/mol. The average Bonchev–Trinajstić information content (AvgIpc) is 2.31. The Morgan fingerprint density at radius 2 is 1.94 bits per heavy atom. The molecule has 3 nitrogen and oxygen atoms in total. The van der Waals surface area contributed by atoms with Crippen LogP contribution in [0.25, 0.3) is 0 Å². The van der Waals surface area contributed by atoms with Gasteiger partial charge in [0.25, 0.3) is 0 Å². The summed E-state index contributed by atoms with van der Waals surface area (Å²) >= 11 is 2.10. The van der Waals surface area contributed by atoms with Gasteiger partial charge in [-0.1, -0.05) is 12.1 Å². The van der Waals surface area contributed by atoms with Gasteiger partial charge in [-0.15, -0.1) is 12.4 Å². The second-order valence-corrected chi connectivity index (χ2v) is 4.22. The standard InChI is InChI=1S/C12H8INO2.ClH/c13-11-6-2-1-5-10(11)12(15)16-9-4-3-7-14-8-9;/h1-8H;1H. The fourth-order valence-electron chi connectivity index (χ4n) is 1.20. The third kappa shape index (κ3) is 3.67. The fourth-order valence-corrected chi connectivity index (χ4v) is 1.80. The molecule has 17 heavy (non-hydrogen) atoms. The number of benzene rings is 1. The Morgan fingerprint density at radius 1 is 1.18 bits per heavy atom. The van der Waals surface area contributed by atoms with E-state index in [-0.39, 0.29) is 18.4 Å². The van der Waals surface area contributed by atoms with Crippen LogP contribution in [0, 0.1) is 3.57 Å². The van der Waals surface area contributed by atoms with E-state index in [1.807, 2.05) is 18.2 Å². The number of aromatic nitrogens is 1. The SMILES string of the molecule is Cl.O=C(Oc1cccnc1)c1ccccc1I. The van der Waals surface area contributed by atoms with Gasteiger partial charge in [-0.25, -0.2) is 4.79 Å². The number of carbonyl (C=O) groups is 1. The Bertz CT molecular complexity index is 505. The van der Waals surface area contributed by atoms with E-state index in [2.05, 4.69) is 27.6 Å². The summed E-state index contributed by atoms with van der Waals surface area (Å²) in [6, 6.07) is 10.7. The zero-order valence-corrected chi connectivity index (χ0v) is 11.6. The first-order valence-corrected chi connectivity index (χ1v) is 5.72. The van der Waals surface area contributed by atoms with E-state index in [0.29, 0.717) is 11.3 Å². The van der Waals surface area contributed by atoms with Crippen molar-refractivity contribution in [2.24, 2.45) is 0 Å². The van der Waals surface area contributed by atoms with Crippen LogP contribution in [0.5, 0.6) is 5.75 Å². The highest BCUT2D eigenvalue weighted by Gasteiger charge is 2.11. The number of carbonyl (C=O) groups excluding carboxylic acids is 1. The molecular formula is C12H9ClINO2. The van der Waals surface area contributed by atoms with Crippen molar-refractivity contribution in [3.8, 4) is 5.75 Å². The van der Waals surface area contributed by atoms with E-state index in [0.717, 1.165) is 3.57 Å². The first kappa shape index (κ1) is 13.9. The van der Waals surface area contributed by atoms with E-state index in [1.54, 1.807) is 24.4 Å². The van der Waals surface area contributed by atoms with Gasteiger partial charge in [0.05, 0.1) is 11.8 Å². The van der Waals surface area contributed by atoms with Gasteiger partial charge in [0.2, 0.25) is 0 Å². The molecule has 2 aromatic rings. The lowest BCUT2D eigenvalue weighted by atomic mass is 10.2. The number of halogens is 2. The van der Waals surface area contributed by atoms with E-state index in [9.17, 15) is 4.79 Å². The highest BCUT2D eigenvalue weighted by Crippen LogP contribution is 2.15. The first-order valence-electron chi connectivity index (χ1n) is 4.64. The van der Waals surface area contributed by atoms with Gasteiger partial charge in [0.15, 0.2) is 0 Å². The smallest absolute Gasteiger partial charge is 0.344 e. The molecule has 1 aromatic carbocycles. The largest absolute Gasteiger partial charge is 0.421 e. The molecule has 2 rings (SSSR count). The van der Waals surface area contributed by atoms with E-state index in [1.165, 1.54) is 6.20 Å². The van der Waals surface area contributed by atoms with Crippen molar-refractivity contribution < 1.29 is 9.53 Å². The lowest BCUT2D eigenvalue weighted by Gasteiger charge is -2.04. The molecule has 88 valence electrons. The Morgan fingerprint density at radius 3 is 2.59 bits per heavy atom. The number of hydrogen-bond acceptors (Lipinski definition) is 3. The van der Waals surface area contributed by atoms with E-state index < -0.39 is 0 Å². The quantitative estimate of drug-likeness (QED) is 0.608. The molecule has 0 saturated carbocycles. The zero-order valence-electron chi connectivity index (χ0n) is 8.67.